The Labute approximate surface area is 194 Å². The van der Waals surface area contributed by atoms with Crippen molar-refractivity contribution >= 4 is 40.9 Å². The molecule has 4 unspecified atom stereocenters. The number of hydrogen-bond acceptors (Lipinski definition) is 11. The zero-order chi connectivity index (χ0) is 26.3. The normalized spacial score (nSPS) is 29.7. The average Bonchev–Trinajstić information content (AvgIpc) is 2.94. The van der Waals surface area contributed by atoms with Gasteiger partial charge in [0.25, 0.3) is 0 Å². The summed E-state index contributed by atoms with van der Waals surface area (Å²) in [6.45, 7) is 0.172. The number of terminal acetylenes is 1. The number of anilines is 1. The van der Waals surface area contributed by atoms with Crippen LogP contribution >= 0.6 is 35.1 Å². The van der Waals surface area contributed by atoms with Gasteiger partial charge in [-0.25, -0.2) is 22.9 Å². The van der Waals surface area contributed by atoms with Crippen LogP contribution in [0.2, 0.25) is 0 Å². The molecule has 1 fully saturated rings. The summed E-state index contributed by atoms with van der Waals surface area (Å²) >= 11 is 6.40. The molecule has 1 aromatic rings. The number of nitrogens with two attached hydrogens (primary N) is 1. The molecular weight excluding hydrogens is 554 g/mol. The van der Waals surface area contributed by atoms with Crippen molar-refractivity contribution in [1.82, 2.24) is 9.55 Å². The summed E-state index contributed by atoms with van der Waals surface area (Å²) < 4.78 is 66.2. The van der Waals surface area contributed by atoms with Gasteiger partial charge in [-0.15, -0.1) is 6.42 Å². The number of aromatic nitrogens is 2. The van der Waals surface area contributed by atoms with Crippen LogP contribution in [0.25, 0.3) is 0 Å². The highest BCUT2D eigenvalue weighted by atomic mass is 35.5. The first-order valence-electron chi connectivity index (χ1n) is 8.65. The van der Waals surface area contributed by atoms with Crippen LogP contribution in [0.15, 0.2) is 11.0 Å². The van der Waals surface area contributed by atoms with Gasteiger partial charge in [0.15, 0.2) is 22.7 Å². The molecule has 1 saturated heterocycles. The summed E-state index contributed by atoms with van der Waals surface area (Å²) in [7, 11) is -17.0. The minimum absolute atomic E-state index is 0.527. The average molecular weight is 572 g/mol. The van der Waals surface area contributed by atoms with Crippen LogP contribution < -0.4 is 11.4 Å². The maximum Gasteiger partial charge on any atom is 0.490 e. The number of phosphoric ester groups is 1. The molecule has 1 aromatic heterocycles. The van der Waals surface area contributed by atoms with Crippen molar-refractivity contribution in [3.8, 4) is 12.3 Å². The third-order valence-electron chi connectivity index (χ3n) is 4.36. The number of aliphatic hydroxyl groups excluding tert-OH is 1. The molecule has 2 rings (SSSR count). The second-order valence-corrected chi connectivity index (χ2v) is 11.7. The van der Waals surface area contributed by atoms with E-state index in [4.69, 9.17) is 38.3 Å². The van der Waals surface area contributed by atoms with Crippen LogP contribution in [0, 0.1) is 24.1 Å². The van der Waals surface area contributed by atoms with Gasteiger partial charge in [0, 0.05) is 5.92 Å². The standard InChI is InChI=1S/C13H18ClFN3O13P3/c1-3-13(14)7(5-19)9(28-11(13)18-4-8(15)10(16)17-12(18)20)6(2)29-33(24,25)31-34(26,27)30-32(21,22)23/h1,4,6-7,9,11,19H,5H2,2H3,(H,24,25)(H,26,27)(H2,16,17,20)(H2,21,22,23)/t6-,7?,9+,11+,13?/m0/s1. The lowest BCUT2D eigenvalue weighted by atomic mass is 9.87. The van der Waals surface area contributed by atoms with E-state index in [-0.39, 0.29) is 0 Å². The van der Waals surface area contributed by atoms with E-state index in [1.165, 1.54) is 0 Å². The molecule has 21 heteroatoms. The van der Waals surface area contributed by atoms with E-state index in [1.54, 1.807) is 0 Å². The van der Waals surface area contributed by atoms with Crippen molar-refractivity contribution < 1.29 is 60.6 Å². The molecule has 0 bridgehead atoms. The van der Waals surface area contributed by atoms with Gasteiger partial charge in [0.2, 0.25) is 0 Å². The number of alkyl halides is 1. The highest BCUT2D eigenvalue weighted by Gasteiger charge is 2.58. The van der Waals surface area contributed by atoms with Gasteiger partial charge in [-0.05, 0) is 6.92 Å². The summed E-state index contributed by atoms with van der Waals surface area (Å²) in [6, 6.07) is 0. The van der Waals surface area contributed by atoms with E-state index in [1.807, 2.05) is 0 Å². The minimum atomic E-state index is -5.81. The number of nitrogen functional groups attached to an aromatic ring is 1. The van der Waals surface area contributed by atoms with Gasteiger partial charge in [-0.1, -0.05) is 17.5 Å². The number of nitrogens with zero attached hydrogens (tertiary/aromatic N) is 2. The second kappa shape index (κ2) is 10.0. The molecule has 0 amide bonds. The molecule has 7 N–H and O–H groups in total. The molecule has 192 valence electrons. The first-order valence-corrected chi connectivity index (χ1v) is 13.5. The highest BCUT2D eigenvalue weighted by Crippen LogP contribution is 2.67. The van der Waals surface area contributed by atoms with Crippen LogP contribution in [-0.2, 0) is 31.6 Å². The second-order valence-electron chi connectivity index (χ2n) is 6.72. The quantitative estimate of drug-likeness (QED) is 0.128. The molecule has 0 spiro atoms. The van der Waals surface area contributed by atoms with Gasteiger partial charge in [0.1, 0.15) is 0 Å². The monoisotopic (exact) mass is 571 g/mol. The first-order chi connectivity index (χ1) is 15.4. The van der Waals surface area contributed by atoms with Gasteiger partial charge in [-0.2, -0.15) is 13.6 Å². The van der Waals surface area contributed by atoms with Crippen molar-refractivity contribution in [2.45, 2.75) is 30.2 Å². The van der Waals surface area contributed by atoms with Crippen molar-refractivity contribution in [2.24, 2.45) is 5.92 Å². The van der Waals surface area contributed by atoms with Gasteiger partial charge in [-0.3, -0.25) is 9.09 Å². The summed E-state index contributed by atoms with van der Waals surface area (Å²) in [4.78, 5) is 49.5. The van der Waals surface area contributed by atoms with Crippen LogP contribution in [-0.4, -0.2) is 57.9 Å². The maximum absolute atomic E-state index is 13.9. The van der Waals surface area contributed by atoms with Crippen molar-refractivity contribution in [1.29, 1.82) is 0 Å². The summed E-state index contributed by atoms with van der Waals surface area (Å²) in [6.07, 6.45) is 1.11. The van der Waals surface area contributed by atoms with Crippen molar-refractivity contribution in [3.63, 3.8) is 0 Å². The smallest absolute Gasteiger partial charge is 0.396 e. The number of hydrogen-bond donors (Lipinski definition) is 6. The Kier molecular flexibility index (Phi) is 8.57. The molecule has 2 heterocycles. The Morgan fingerprint density at radius 2 is 1.94 bits per heavy atom. The fourth-order valence-corrected chi connectivity index (χ4v) is 6.63. The lowest BCUT2D eigenvalue weighted by molar-refractivity contribution is -0.0668. The molecule has 34 heavy (non-hydrogen) atoms. The Balaban J connectivity index is 2.36. The SMILES string of the molecule is C#CC1(Cl)C(CO)[C@@H]([C@H](C)OP(=O)(O)OP(=O)(O)OP(=O)(O)O)O[C@H]1n1cc(F)c(N)nc1=O. The topological polar surface area (TPSA) is 250 Å². The van der Waals surface area contributed by atoms with E-state index in [0.29, 0.717) is 10.8 Å². The van der Waals surface area contributed by atoms with E-state index in [0.717, 1.165) is 6.92 Å². The minimum Gasteiger partial charge on any atom is -0.396 e. The fourth-order valence-electron chi connectivity index (χ4n) is 3.08. The van der Waals surface area contributed by atoms with E-state index >= 15 is 0 Å². The lowest BCUT2D eigenvalue weighted by Gasteiger charge is -2.28. The maximum atomic E-state index is 13.9. The molecule has 0 aromatic carbocycles. The molecule has 7 atom stereocenters. The zero-order valence-corrected chi connectivity index (χ0v) is 20.2. The van der Waals surface area contributed by atoms with Gasteiger partial charge < -0.3 is 35.2 Å². The van der Waals surface area contributed by atoms with Crippen molar-refractivity contribution in [3.05, 3.63) is 22.5 Å². The highest BCUT2D eigenvalue weighted by molar-refractivity contribution is 7.66. The number of phosphoric acid groups is 3. The third kappa shape index (κ3) is 6.51. The molecule has 1 aliphatic rings. The Morgan fingerprint density at radius 1 is 1.35 bits per heavy atom. The predicted molar refractivity (Wildman–Crippen MR) is 109 cm³/mol. The summed E-state index contributed by atoms with van der Waals surface area (Å²) in [5.74, 6) is -1.16. The number of halogens is 2. The fraction of sp³-hybridized carbons (Fsp3) is 0.538. The molecule has 16 nitrogen and oxygen atoms in total. The number of aliphatic hydroxyl groups is 1. The van der Waals surface area contributed by atoms with Gasteiger partial charge in [0.05, 0.1) is 25.0 Å². The molecule has 0 radical (unpaired) electrons. The van der Waals surface area contributed by atoms with Crippen LogP contribution in [0.5, 0.6) is 0 Å². The van der Waals surface area contributed by atoms with E-state index in [2.05, 4.69) is 24.0 Å². The largest absolute Gasteiger partial charge is 0.490 e. The zero-order valence-electron chi connectivity index (χ0n) is 16.7. The number of rotatable bonds is 9. The van der Waals surface area contributed by atoms with Crippen LogP contribution in [0.1, 0.15) is 13.2 Å². The number of ether oxygens (including phenoxy) is 1. The third-order valence-corrected chi connectivity index (χ3v) is 8.87. The first kappa shape index (κ1) is 29.0. The summed E-state index contributed by atoms with van der Waals surface area (Å²) in [5.41, 5.74) is 4.08. The summed E-state index contributed by atoms with van der Waals surface area (Å²) in [5, 5.41) is 9.83. The Morgan fingerprint density at radius 3 is 2.44 bits per heavy atom. The van der Waals surface area contributed by atoms with Crippen LogP contribution in [0.3, 0.4) is 0 Å². The lowest BCUT2D eigenvalue weighted by Crippen LogP contribution is -2.43. The Bertz CT molecular complexity index is 1190. The Hall–Kier alpha value is -1.21. The van der Waals surface area contributed by atoms with Gasteiger partial charge >= 0.3 is 29.2 Å². The predicted octanol–water partition coefficient (Wildman–Crippen LogP) is -0.187. The van der Waals surface area contributed by atoms with E-state index in [9.17, 15) is 37.8 Å². The molecule has 0 saturated carbocycles. The molecular formula is C13H18ClFN3O13P3. The van der Waals surface area contributed by atoms with Crippen molar-refractivity contribution in [2.75, 3.05) is 12.3 Å². The van der Waals surface area contributed by atoms with Crippen LogP contribution in [0.4, 0.5) is 10.2 Å². The van der Waals surface area contributed by atoms with E-state index < -0.39 is 76.6 Å². The molecule has 0 aliphatic carbocycles. The molecule has 1 aliphatic heterocycles.